The molecule has 0 radical (unpaired) electrons. The molecule has 8 nitrogen and oxygen atoms in total. The molecule has 1 aliphatic heterocycles. The third-order valence-corrected chi connectivity index (χ3v) is 8.03. The van der Waals surface area contributed by atoms with Crippen molar-refractivity contribution >= 4 is 49.5 Å². The summed E-state index contributed by atoms with van der Waals surface area (Å²) in [4.78, 5) is 39.0. The van der Waals surface area contributed by atoms with Gasteiger partial charge in [0.05, 0.1) is 24.2 Å². The molecule has 1 fully saturated rings. The second-order valence-corrected chi connectivity index (χ2v) is 10.3. The lowest BCUT2D eigenvalue weighted by Gasteiger charge is -2.16. The molecule has 1 aromatic carbocycles. The summed E-state index contributed by atoms with van der Waals surface area (Å²) in [5, 5.41) is 0. The Balaban J connectivity index is 1.53. The molecule has 0 amide bonds. The second-order valence-electron chi connectivity index (χ2n) is 8.58. The normalized spacial score (nSPS) is 17.5. The van der Waals surface area contributed by atoms with Crippen molar-refractivity contribution in [3.8, 4) is 5.69 Å². The van der Waals surface area contributed by atoms with Crippen LogP contribution in [0.1, 0.15) is 54.5 Å². The van der Waals surface area contributed by atoms with Gasteiger partial charge in [0.25, 0.3) is 0 Å². The zero-order valence-corrected chi connectivity index (χ0v) is 22.3. The molecule has 1 saturated carbocycles. The van der Waals surface area contributed by atoms with Crippen molar-refractivity contribution in [2.75, 3.05) is 7.11 Å². The lowest BCUT2D eigenvalue weighted by Crippen LogP contribution is -2.30. The molecule has 10 heteroatoms. The third kappa shape index (κ3) is 4.45. The summed E-state index contributed by atoms with van der Waals surface area (Å²) in [6, 6.07) is 9.31. The van der Waals surface area contributed by atoms with Gasteiger partial charge in [0.1, 0.15) is 11.9 Å². The number of ether oxygens (including phenoxy) is 2. The minimum Gasteiger partial charge on any atom is -0.466 e. The summed E-state index contributed by atoms with van der Waals surface area (Å²) in [6.07, 6.45) is 4.95. The Morgan fingerprint density at radius 2 is 1.94 bits per heavy atom. The van der Waals surface area contributed by atoms with Crippen molar-refractivity contribution in [1.29, 1.82) is 0 Å². The van der Waals surface area contributed by atoms with Gasteiger partial charge in [0, 0.05) is 51.9 Å². The van der Waals surface area contributed by atoms with Gasteiger partial charge >= 0.3 is 11.9 Å². The van der Waals surface area contributed by atoms with Crippen LogP contribution in [-0.2, 0) is 19.1 Å². The van der Waals surface area contributed by atoms with Gasteiger partial charge in [-0.05, 0) is 69.5 Å². The molecule has 1 aliphatic carbocycles. The Morgan fingerprint density at radius 3 is 2.63 bits per heavy atom. The number of hydrogen-bond donors (Lipinski definition) is 0. The number of rotatable bonds is 6. The number of carbonyl (C=O) groups is 2. The smallest absolute Gasteiger partial charge is 0.350 e. The highest BCUT2D eigenvalue weighted by molar-refractivity contribution is 9.13. The molecule has 3 aromatic rings. The molecule has 0 spiro atoms. The zero-order chi connectivity index (χ0) is 24.7. The summed E-state index contributed by atoms with van der Waals surface area (Å²) >= 11 is 7.24. The Kier molecular flexibility index (Phi) is 6.35. The quantitative estimate of drug-likeness (QED) is 0.368. The largest absolute Gasteiger partial charge is 0.466 e. The summed E-state index contributed by atoms with van der Waals surface area (Å²) < 4.78 is 14.2. The van der Waals surface area contributed by atoms with Crippen LogP contribution in [0.15, 0.2) is 56.7 Å². The number of aryl methyl sites for hydroxylation is 1. The van der Waals surface area contributed by atoms with Crippen LogP contribution < -0.4 is 0 Å². The van der Waals surface area contributed by atoms with Crippen LogP contribution in [0.4, 0.5) is 0 Å². The summed E-state index contributed by atoms with van der Waals surface area (Å²) in [7, 11) is 1.30. The van der Waals surface area contributed by atoms with Crippen LogP contribution in [0.25, 0.3) is 5.69 Å². The molecule has 180 valence electrons. The van der Waals surface area contributed by atoms with E-state index in [0.717, 1.165) is 37.4 Å². The average Bonchev–Trinajstić information content (AvgIpc) is 3.56. The predicted octanol–water partition coefficient (Wildman–Crippen LogP) is 5.02. The standard InChI is InChI=1S/C25H22Br2N4O4/c1-14-13-29-23-19(6-7-21(32)35-25(8-9-25)24(33)34-2)30-22(18-5-3-4-10-28-18)15-11-16(26)17(27)12-20(15)31(14)23/h3-5,10-13,19H,6-9H2,1-2H3/t19-/m0/s1. The monoisotopic (exact) mass is 600 g/mol. The van der Waals surface area contributed by atoms with E-state index in [1.165, 1.54) is 7.11 Å². The lowest BCUT2D eigenvalue weighted by atomic mass is 10.0. The summed E-state index contributed by atoms with van der Waals surface area (Å²) in [5.41, 5.74) is 3.08. The molecule has 0 N–H and O–H groups in total. The second kappa shape index (κ2) is 9.31. The highest BCUT2D eigenvalue weighted by Crippen LogP contribution is 2.42. The Morgan fingerprint density at radius 1 is 1.17 bits per heavy atom. The molecule has 0 bridgehead atoms. The van der Waals surface area contributed by atoms with Gasteiger partial charge < -0.3 is 9.47 Å². The fourth-order valence-corrected chi connectivity index (χ4v) is 4.94. The summed E-state index contributed by atoms with van der Waals surface area (Å²) in [5.74, 6) is -0.232. The zero-order valence-electron chi connectivity index (χ0n) is 19.1. The predicted molar refractivity (Wildman–Crippen MR) is 136 cm³/mol. The molecule has 1 atom stereocenters. The van der Waals surface area contributed by atoms with E-state index in [-0.39, 0.29) is 6.42 Å². The number of nitrogens with zero attached hydrogens (tertiary/aromatic N) is 4. The number of methoxy groups -OCH3 is 1. The van der Waals surface area contributed by atoms with Crippen LogP contribution in [0.2, 0.25) is 0 Å². The molecular formula is C25H22Br2N4O4. The Labute approximate surface area is 219 Å². The van der Waals surface area contributed by atoms with E-state index < -0.39 is 23.6 Å². The van der Waals surface area contributed by atoms with Crippen molar-refractivity contribution < 1.29 is 19.1 Å². The van der Waals surface area contributed by atoms with Gasteiger partial charge in [0.2, 0.25) is 5.60 Å². The maximum absolute atomic E-state index is 12.7. The van der Waals surface area contributed by atoms with E-state index in [1.54, 1.807) is 12.4 Å². The van der Waals surface area contributed by atoms with Crippen molar-refractivity contribution in [2.45, 2.75) is 44.2 Å². The molecule has 0 unspecified atom stereocenters. The van der Waals surface area contributed by atoms with E-state index in [0.29, 0.717) is 25.0 Å². The van der Waals surface area contributed by atoms with E-state index in [2.05, 4.69) is 46.4 Å². The van der Waals surface area contributed by atoms with Gasteiger partial charge in [-0.1, -0.05) is 6.07 Å². The van der Waals surface area contributed by atoms with Gasteiger partial charge in [-0.25, -0.2) is 9.78 Å². The molecule has 5 rings (SSSR count). The number of fused-ring (bicyclic) bond motifs is 3. The van der Waals surface area contributed by atoms with Gasteiger partial charge in [-0.15, -0.1) is 0 Å². The van der Waals surface area contributed by atoms with Crippen LogP contribution in [0, 0.1) is 6.92 Å². The van der Waals surface area contributed by atoms with Gasteiger partial charge in [0.15, 0.2) is 0 Å². The van der Waals surface area contributed by atoms with Crippen LogP contribution >= 0.6 is 31.9 Å². The van der Waals surface area contributed by atoms with Crippen molar-refractivity contribution in [2.24, 2.45) is 4.99 Å². The molecule has 3 heterocycles. The molecule has 35 heavy (non-hydrogen) atoms. The highest BCUT2D eigenvalue weighted by Gasteiger charge is 2.55. The number of aromatic nitrogens is 3. The molecule has 2 aromatic heterocycles. The first-order valence-electron chi connectivity index (χ1n) is 11.2. The Hall–Kier alpha value is -2.85. The van der Waals surface area contributed by atoms with Crippen LogP contribution in [0.5, 0.6) is 0 Å². The first-order valence-corrected chi connectivity index (χ1v) is 12.7. The van der Waals surface area contributed by atoms with Gasteiger partial charge in [-0.2, -0.15) is 0 Å². The number of benzene rings is 1. The number of hydrogen-bond acceptors (Lipinski definition) is 7. The minimum atomic E-state index is -1.12. The lowest BCUT2D eigenvalue weighted by molar-refractivity contribution is -0.169. The van der Waals surface area contributed by atoms with E-state index in [9.17, 15) is 9.59 Å². The first kappa shape index (κ1) is 23.9. The first-order chi connectivity index (χ1) is 16.8. The number of carbonyl (C=O) groups excluding carboxylic acids is 2. The maximum Gasteiger partial charge on any atom is 0.350 e. The maximum atomic E-state index is 12.7. The van der Waals surface area contributed by atoms with Gasteiger partial charge in [-0.3, -0.25) is 19.3 Å². The van der Waals surface area contributed by atoms with Crippen LogP contribution in [-0.4, -0.2) is 44.9 Å². The summed E-state index contributed by atoms with van der Waals surface area (Å²) in [6.45, 7) is 1.99. The minimum absolute atomic E-state index is 0.0814. The van der Waals surface area contributed by atoms with Crippen molar-refractivity contribution in [3.63, 3.8) is 0 Å². The van der Waals surface area contributed by atoms with Crippen molar-refractivity contribution in [1.82, 2.24) is 14.5 Å². The van der Waals surface area contributed by atoms with E-state index in [1.807, 2.05) is 37.3 Å². The molecule has 2 aliphatic rings. The average molecular weight is 602 g/mol. The highest BCUT2D eigenvalue weighted by atomic mass is 79.9. The number of pyridine rings is 1. The van der Waals surface area contributed by atoms with Crippen LogP contribution in [0.3, 0.4) is 0 Å². The number of halogens is 2. The Bertz CT molecular complexity index is 1350. The fourth-order valence-electron chi connectivity index (χ4n) is 4.27. The number of aliphatic imine (C=N–C) groups is 1. The number of esters is 2. The van der Waals surface area contributed by atoms with E-state index in [4.69, 9.17) is 14.5 Å². The number of imidazole rings is 1. The van der Waals surface area contributed by atoms with Crippen molar-refractivity contribution in [3.05, 3.63) is 74.4 Å². The molecular weight excluding hydrogens is 580 g/mol. The third-order valence-electron chi connectivity index (χ3n) is 6.18. The SMILES string of the molecule is COC(=O)C1(OC(=O)CC[C@@H]2N=C(c3ccccn3)c3cc(Br)c(Br)cc3-n3c(C)cnc32)CC1. The fraction of sp³-hybridized carbons (Fsp3) is 0.320. The topological polar surface area (TPSA) is 95.7 Å². The molecule has 0 saturated heterocycles. The van der Waals surface area contributed by atoms with E-state index >= 15 is 0 Å².